The summed E-state index contributed by atoms with van der Waals surface area (Å²) in [5, 5.41) is 6.63. The summed E-state index contributed by atoms with van der Waals surface area (Å²) in [5.41, 5.74) is -0.761. The highest BCUT2D eigenvalue weighted by Crippen LogP contribution is 2.28. The molecule has 1 aromatic rings. The lowest BCUT2D eigenvalue weighted by Gasteiger charge is -2.36. The minimum absolute atomic E-state index is 0.0439. The van der Waals surface area contributed by atoms with Gasteiger partial charge in [0.25, 0.3) is 0 Å². The van der Waals surface area contributed by atoms with Crippen LogP contribution >= 0.6 is 11.6 Å². The Bertz CT molecular complexity index is 583. The third kappa shape index (κ3) is 6.20. The van der Waals surface area contributed by atoms with E-state index in [2.05, 4.69) is 17.6 Å². The highest BCUT2D eigenvalue weighted by molar-refractivity contribution is 6.30. The van der Waals surface area contributed by atoms with Gasteiger partial charge < -0.3 is 15.4 Å². The van der Waals surface area contributed by atoms with Crippen molar-refractivity contribution in [2.45, 2.75) is 63.8 Å². The summed E-state index contributed by atoms with van der Waals surface area (Å²) in [6.45, 7) is 3.01. The lowest BCUT2D eigenvalue weighted by atomic mass is 9.80. The van der Waals surface area contributed by atoms with Gasteiger partial charge in [-0.05, 0) is 43.5 Å². The fraction of sp³-hybridized carbons (Fsp3) is 0.600. The number of amides is 2. The standard InChI is InChI=1S/C20H29ClN2O3/c1-2-3-14-22-19(25)20(12-5-4-6-13-20)23-18(24)11-15-26-17-9-7-16(21)8-10-17/h7-10H,2-6,11-15H2,1H3,(H,22,25)(H,23,24). The normalized spacial score (nSPS) is 15.9. The first-order chi connectivity index (χ1) is 12.6. The zero-order chi connectivity index (χ0) is 18.8. The zero-order valence-corrected chi connectivity index (χ0v) is 16.2. The predicted octanol–water partition coefficient (Wildman–Crippen LogP) is 3.84. The summed E-state index contributed by atoms with van der Waals surface area (Å²) in [7, 11) is 0. The lowest BCUT2D eigenvalue weighted by Crippen LogP contribution is -2.60. The van der Waals surface area contributed by atoms with Crippen molar-refractivity contribution >= 4 is 23.4 Å². The molecule has 0 heterocycles. The Morgan fingerprint density at radius 1 is 1.15 bits per heavy atom. The Balaban J connectivity index is 1.85. The molecule has 144 valence electrons. The number of benzene rings is 1. The average Bonchev–Trinajstić information content (AvgIpc) is 2.64. The SMILES string of the molecule is CCCCNC(=O)C1(NC(=O)CCOc2ccc(Cl)cc2)CCCCC1. The Morgan fingerprint density at radius 3 is 2.50 bits per heavy atom. The van der Waals surface area contributed by atoms with Gasteiger partial charge in [-0.15, -0.1) is 0 Å². The molecule has 0 spiro atoms. The number of hydrogen-bond acceptors (Lipinski definition) is 3. The van der Waals surface area contributed by atoms with Crippen molar-refractivity contribution in [1.82, 2.24) is 10.6 Å². The molecule has 2 rings (SSSR count). The van der Waals surface area contributed by atoms with E-state index in [0.717, 1.165) is 32.1 Å². The zero-order valence-electron chi connectivity index (χ0n) is 15.5. The molecule has 1 aliphatic carbocycles. The van der Waals surface area contributed by atoms with Crippen LogP contribution in [0, 0.1) is 0 Å². The van der Waals surface area contributed by atoms with Gasteiger partial charge in [-0.2, -0.15) is 0 Å². The molecule has 26 heavy (non-hydrogen) atoms. The molecule has 5 nitrogen and oxygen atoms in total. The van der Waals surface area contributed by atoms with E-state index < -0.39 is 5.54 Å². The second-order valence-electron chi connectivity index (χ2n) is 6.85. The fourth-order valence-electron chi connectivity index (χ4n) is 3.23. The van der Waals surface area contributed by atoms with Crippen LogP contribution in [0.2, 0.25) is 5.02 Å². The molecule has 6 heteroatoms. The Kier molecular flexibility index (Phi) is 8.23. The second-order valence-corrected chi connectivity index (χ2v) is 7.29. The quantitative estimate of drug-likeness (QED) is 0.639. The van der Waals surface area contributed by atoms with Gasteiger partial charge in [-0.3, -0.25) is 9.59 Å². The number of unbranched alkanes of at least 4 members (excludes halogenated alkanes) is 1. The number of nitrogens with one attached hydrogen (secondary N) is 2. The van der Waals surface area contributed by atoms with Crippen LogP contribution in [0.5, 0.6) is 5.75 Å². The van der Waals surface area contributed by atoms with Crippen molar-refractivity contribution in [2.75, 3.05) is 13.2 Å². The van der Waals surface area contributed by atoms with Crippen LogP contribution in [-0.2, 0) is 9.59 Å². The Hall–Kier alpha value is -1.75. The van der Waals surface area contributed by atoms with Crippen LogP contribution in [0.4, 0.5) is 0 Å². The monoisotopic (exact) mass is 380 g/mol. The van der Waals surface area contributed by atoms with Crippen LogP contribution in [0.15, 0.2) is 24.3 Å². The van der Waals surface area contributed by atoms with Gasteiger partial charge in [0.1, 0.15) is 11.3 Å². The van der Waals surface area contributed by atoms with E-state index in [1.807, 2.05) is 0 Å². The van der Waals surface area contributed by atoms with Crippen molar-refractivity contribution in [3.05, 3.63) is 29.3 Å². The first-order valence-corrected chi connectivity index (χ1v) is 9.91. The summed E-state index contributed by atoms with van der Waals surface area (Å²) in [5.74, 6) is 0.482. The van der Waals surface area contributed by atoms with Crippen LogP contribution in [0.3, 0.4) is 0 Å². The molecule has 1 saturated carbocycles. The smallest absolute Gasteiger partial charge is 0.245 e. The number of carbonyl (C=O) groups is 2. The molecule has 1 aromatic carbocycles. The summed E-state index contributed by atoms with van der Waals surface area (Å²) >= 11 is 5.84. The van der Waals surface area contributed by atoms with E-state index in [1.54, 1.807) is 24.3 Å². The molecule has 0 aromatic heterocycles. The largest absolute Gasteiger partial charge is 0.493 e. The van der Waals surface area contributed by atoms with Crippen LogP contribution in [-0.4, -0.2) is 30.5 Å². The van der Waals surface area contributed by atoms with Crippen LogP contribution < -0.4 is 15.4 Å². The van der Waals surface area contributed by atoms with E-state index in [9.17, 15) is 9.59 Å². The molecule has 0 unspecified atom stereocenters. The number of rotatable bonds is 9. The Labute approximate surface area is 160 Å². The summed E-state index contributed by atoms with van der Waals surface area (Å²) < 4.78 is 5.57. The molecule has 2 N–H and O–H groups in total. The maximum Gasteiger partial charge on any atom is 0.245 e. The molecular formula is C20H29ClN2O3. The molecule has 0 bridgehead atoms. The van der Waals surface area contributed by atoms with Crippen molar-refractivity contribution in [3.8, 4) is 5.75 Å². The molecule has 0 saturated heterocycles. The minimum Gasteiger partial charge on any atom is -0.493 e. The third-order valence-electron chi connectivity index (χ3n) is 4.75. The first-order valence-electron chi connectivity index (χ1n) is 9.53. The fourth-order valence-corrected chi connectivity index (χ4v) is 3.36. The van der Waals surface area contributed by atoms with Gasteiger partial charge in [-0.25, -0.2) is 0 Å². The molecule has 0 aliphatic heterocycles. The second kappa shape index (κ2) is 10.4. The van der Waals surface area contributed by atoms with Gasteiger partial charge in [0.15, 0.2) is 0 Å². The highest BCUT2D eigenvalue weighted by Gasteiger charge is 2.40. The van der Waals surface area contributed by atoms with E-state index in [0.29, 0.717) is 30.2 Å². The number of halogens is 1. The number of hydrogen-bond donors (Lipinski definition) is 2. The van der Waals surface area contributed by atoms with Gasteiger partial charge in [0.2, 0.25) is 11.8 Å². The topological polar surface area (TPSA) is 67.4 Å². The average molecular weight is 381 g/mol. The lowest BCUT2D eigenvalue weighted by molar-refractivity contribution is -0.135. The third-order valence-corrected chi connectivity index (χ3v) is 5.00. The van der Waals surface area contributed by atoms with Gasteiger partial charge in [0, 0.05) is 11.6 Å². The molecule has 0 atom stereocenters. The van der Waals surface area contributed by atoms with Crippen molar-refractivity contribution in [1.29, 1.82) is 0 Å². The molecule has 1 aliphatic rings. The van der Waals surface area contributed by atoms with Gasteiger partial charge in [-0.1, -0.05) is 44.2 Å². The van der Waals surface area contributed by atoms with Gasteiger partial charge >= 0.3 is 0 Å². The maximum absolute atomic E-state index is 12.7. The van der Waals surface area contributed by atoms with E-state index >= 15 is 0 Å². The molecule has 0 radical (unpaired) electrons. The maximum atomic E-state index is 12.7. The summed E-state index contributed by atoms with van der Waals surface area (Å²) in [4.78, 5) is 25.1. The predicted molar refractivity (Wildman–Crippen MR) is 103 cm³/mol. The van der Waals surface area contributed by atoms with E-state index in [1.165, 1.54) is 0 Å². The van der Waals surface area contributed by atoms with Crippen LogP contribution in [0.1, 0.15) is 58.3 Å². The first kappa shape index (κ1) is 20.6. The number of carbonyl (C=O) groups excluding carboxylic acids is 2. The highest BCUT2D eigenvalue weighted by atomic mass is 35.5. The Morgan fingerprint density at radius 2 is 1.85 bits per heavy atom. The van der Waals surface area contributed by atoms with Crippen LogP contribution in [0.25, 0.3) is 0 Å². The van der Waals surface area contributed by atoms with Crippen molar-refractivity contribution < 1.29 is 14.3 Å². The van der Waals surface area contributed by atoms with Gasteiger partial charge in [0.05, 0.1) is 13.0 Å². The van der Waals surface area contributed by atoms with E-state index in [4.69, 9.17) is 16.3 Å². The molecular weight excluding hydrogens is 352 g/mol. The summed E-state index contributed by atoms with van der Waals surface area (Å²) in [6, 6.07) is 7.03. The van der Waals surface area contributed by atoms with Crippen molar-refractivity contribution in [3.63, 3.8) is 0 Å². The minimum atomic E-state index is -0.761. The number of ether oxygens (including phenoxy) is 1. The molecule has 1 fully saturated rings. The van der Waals surface area contributed by atoms with E-state index in [-0.39, 0.29) is 24.8 Å². The summed E-state index contributed by atoms with van der Waals surface area (Å²) in [6.07, 6.45) is 6.63. The molecule has 2 amide bonds. The van der Waals surface area contributed by atoms with Crippen molar-refractivity contribution in [2.24, 2.45) is 0 Å².